The Labute approximate surface area is 155 Å². The first-order valence-electron chi connectivity index (χ1n) is 7.96. The van der Waals surface area contributed by atoms with Crippen LogP contribution >= 0.6 is 11.6 Å². The van der Waals surface area contributed by atoms with Gasteiger partial charge in [-0.1, -0.05) is 29.8 Å². The van der Waals surface area contributed by atoms with Crippen LogP contribution in [0.5, 0.6) is 5.75 Å². The van der Waals surface area contributed by atoms with Gasteiger partial charge in [0.25, 0.3) is 0 Å². The molecule has 1 atom stereocenters. The smallest absolute Gasteiger partial charge is 0.408 e. The van der Waals surface area contributed by atoms with Crippen LogP contribution in [0.1, 0.15) is 11.6 Å². The summed E-state index contributed by atoms with van der Waals surface area (Å²) in [5.74, 6) is 0.901. The van der Waals surface area contributed by atoms with Crippen molar-refractivity contribution in [1.29, 1.82) is 0 Å². The van der Waals surface area contributed by atoms with Gasteiger partial charge in [0.1, 0.15) is 17.7 Å². The van der Waals surface area contributed by atoms with Crippen LogP contribution in [0.2, 0.25) is 5.02 Å². The Morgan fingerprint density at radius 2 is 2.08 bits per heavy atom. The first-order valence-corrected chi connectivity index (χ1v) is 8.34. The van der Waals surface area contributed by atoms with Gasteiger partial charge in [0.2, 0.25) is 0 Å². The third-order valence-corrected chi connectivity index (χ3v) is 4.04. The Hall–Kier alpha value is -2.90. The lowest BCUT2D eigenvalue weighted by Crippen LogP contribution is -2.24. The summed E-state index contributed by atoms with van der Waals surface area (Å²) in [6.07, 6.45) is 0.519. The molecule has 0 aliphatic heterocycles. The summed E-state index contributed by atoms with van der Waals surface area (Å²) >= 11 is 6.12. The molecule has 26 heavy (non-hydrogen) atoms. The molecule has 2 aromatic carbocycles. The van der Waals surface area contributed by atoms with Gasteiger partial charge in [-0.05, 0) is 36.9 Å². The molecule has 0 saturated carbocycles. The number of benzene rings is 2. The van der Waals surface area contributed by atoms with Crippen LogP contribution in [0.4, 0.5) is 10.6 Å². The lowest BCUT2D eigenvalue weighted by molar-refractivity contribution is 0.211. The predicted octanol–water partition coefficient (Wildman–Crippen LogP) is 3.11. The van der Waals surface area contributed by atoms with Crippen LogP contribution in [0.25, 0.3) is 10.9 Å². The van der Waals surface area contributed by atoms with Gasteiger partial charge in [0, 0.05) is 17.0 Å². The quantitative estimate of drug-likeness (QED) is 0.615. The minimum absolute atomic E-state index is 0.0717. The maximum Gasteiger partial charge on any atom is 0.410 e. The first kappa shape index (κ1) is 17.9. The van der Waals surface area contributed by atoms with E-state index < -0.39 is 6.09 Å². The summed E-state index contributed by atoms with van der Waals surface area (Å²) in [4.78, 5) is 19.7. The molecule has 3 rings (SSSR count). The van der Waals surface area contributed by atoms with Gasteiger partial charge in [-0.3, -0.25) is 0 Å². The number of hydrogen-bond acceptors (Lipinski definition) is 6. The van der Waals surface area contributed by atoms with Gasteiger partial charge in [0.05, 0.1) is 6.04 Å². The summed E-state index contributed by atoms with van der Waals surface area (Å²) in [6.45, 7) is 0.656. The number of para-hydroxylation sites is 1. The Bertz CT molecular complexity index is 934. The van der Waals surface area contributed by atoms with Gasteiger partial charge in [-0.15, -0.1) is 0 Å². The van der Waals surface area contributed by atoms with Gasteiger partial charge in [-0.25, -0.2) is 14.8 Å². The van der Waals surface area contributed by atoms with Crippen LogP contribution in [0.3, 0.4) is 0 Å². The van der Waals surface area contributed by atoms with Crippen molar-refractivity contribution in [3.8, 4) is 5.75 Å². The minimum Gasteiger partial charge on any atom is -0.408 e. The molecule has 1 amide bonds. The SMILES string of the molecule is CNCC(Nc1ncnc2c(OC(N)=O)cccc12)c1cccc(Cl)c1. The lowest BCUT2D eigenvalue weighted by atomic mass is 10.1. The maximum absolute atomic E-state index is 11.1. The number of carbonyl (C=O) groups is 1. The van der Waals surface area contributed by atoms with E-state index in [9.17, 15) is 4.79 Å². The van der Waals surface area contributed by atoms with E-state index in [0.29, 0.717) is 22.9 Å². The van der Waals surface area contributed by atoms with E-state index in [4.69, 9.17) is 22.1 Å². The third-order valence-electron chi connectivity index (χ3n) is 3.81. The highest BCUT2D eigenvalue weighted by Crippen LogP contribution is 2.30. The fraction of sp³-hybridized carbons (Fsp3) is 0.167. The van der Waals surface area contributed by atoms with Crippen molar-refractivity contribution in [2.24, 2.45) is 5.73 Å². The fourth-order valence-electron chi connectivity index (χ4n) is 2.71. The zero-order valence-corrected chi connectivity index (χ0v) is 14.8. The molecule has 0 aliphatic carbocycles. The summed E-state index contributed by atoms with van der Waals surface area (Å²) in [7, 11) is 1.87. The molecule has 0 radical (unpaired) electrons. The number of ether oxygens (including phenoxy) is 1. The van der Waals surface area contributed by atoms with E-state index in [1.165, 1.54) is 6.33 Å². The normalized spacial score (nSPS) is 11.9. The number of nitrogens with two attached hydrogens (primary N) is 1. The van der Waals surface area contributed by atoms with Gasteiger partial charge < -0.3 is 21.1 Å². The lowest BCUT2D eigenvalue weighted by Gasteiger charge is -2.20. The molecule has 1 aromatic heterocycles. The second-order valence-electron chi connectivity index (χ2n) is 5.61. The molecule has 1 heterocycles. The summed E-state index contributed by atoms with van der Waals surface area (Å²) in [5, 5.41) is 7.94. The molecule has 3 aromatic rings. The van der Waals surface area contributed by atoms with Crippen molar-refractivity contribution < 1.29 is 9.53 Å². The zero-order valence-electron chi connectivity index (χ0n) is 14.1. The number of rotatable bonds is 6. The highest BCUT2D eigenvalue weighted by molar-refractivity contribution is 6.30. The predicted molar refractivity (Wildman–Crippen MR) is 101 cm³/mol. The second-order valence-corrected chi connectivity index (χ2v) is 6.04. The number of hydrogen-bond donors (Lipinski definition) is 3. The highest BCUT2D eigenvalue weighted by atomic mass is 35.5. The maximum atomic E-state index is 11.1. The number of amides is 1. The third kappa shape index (κ3) is 4.01. The molecule has 0 bridgehead atoms. The molecular formula is C18H18ClN5O2. The average molecular weight is 372 g/mol. The van der Waals surface area contributed by atoms with E-state index >= 15 is 0 Å². The average Bonchev–Trinajstić information content (AvgIpc) is 2.61. The first-order chi connectivity index (χ1) is 12.6. The molecule has 1 unspecified atom stereocenters. The number of fused-ring (bicyclic) bond motifs is 1. The number of aromatic nitrogens is 2. The van der Waals surface area contributed by atoms with Gasteiger partial charge in [-0.2, -0.15) is 0 Å². The van der Waals surface area contributed by atoms with Crippen molar-refractivity contribution >= 4 is 34.4 Å². The molecule has 0 saturated heterocycles. The molecule has 4 N–H and O–H groups in total. The molecule has 7 nitrogen and oxygen atoms in total. The fourth-order valence-corrected chi connectivity index (χ4v) is 2.91. The number of halogens is 1. The number of nitrogens with zero attached hydrogens (tertiary/aromatic N) is 2. The van der Waals surface area contributed by atoms with Crippen molar-refractivity contribution in [2.75, 3.05) is 18.9 Å². The van der Waals surface area contributed by atoms with Crippen molar-refractivity contribution in [3.63, 3.8) is 0 Å². The number of anilines is 1. The largest absolute Gasteiger partial charge is 0.410 e. The van der Waals surface area contributed by atoms with Crippen molar-refractivity contribution in [1.82, 2.24) is 15.3 Å². The van der Waals surface area contributed by atoms with Crippen LogP contribution in [-0.2, 0) is 0 Å². The van der Waals surface area contributed by atoms with Crippen LogP contribution < -0.4 is 21.1 Å². The van der Waals surface area contributed by atoms with Crippen LogP contribution in [-0.4, -0.2) is 29.7 Å². The summed E-state index contributed by atoms with van der Waals surface area (Å²) in [5.41, 5.74) is 6.64. The number of carbonyl (C=O) groups excluding carboxylic acids is 1. The van der Waals surface area contributed by atoms with E-state index in [0.717, 1.165) is 10.9 Å². The Kier molecular flexibility index (Phi) is 5.50. The standard InChI is InChI=1S/C18H18ClN5O2/c1-21-9-14(11-4-2-5-12(19)8-11)24-17-13-6-3-7-15(26-18(20)25)16(13)22-10-23-17/h2-8,10,14,21H,9H2,1H3,(H2,20,25)(H,22,23,24). The zero-order chi connectivity index (χ0) is 18.5. The van der Waals surface area contributed by atoms with E-state index in [2.05, 4.69) is 20.6 Å². The van der Waals surface area contributed by atoms with Crippen LogP contribution in [0.15, 0.2) is 48.8 Å². The van der Waals surface area contributed by atoms with E-state index in [-0.39, 0.29) is 11.8 Å². The van der Waals surface area contributed by atoms with Gasteiger partial charge in [0.15, 0.2) is 5.75 Å². The molecule has 0 fully saturated rings. The van der Waals surface area contributed by atoms with Crippen molar-refractivity contribution in [2.45, 2.75) is 6.04 Å². The molecule has 0 aliphatic rings. The molecule has 134 valence electrons. The summed E-state index contributed by atoms with van der Waals surface area (Å²) < 4.78 is 5.03. The Morgan fingerprint density at radius 1 is 1.27 bits per heavy atom. The van der Waals surface area contributed by atoms with Crippen molar-refractivity contribution in [3.05, 3.63) is 59.4 Å². The number of primary amides is 1. The molecule has 8 heteroatoms. The Morgan fingerprint density at radius 3 is 2.81 bits per heavy atom. The Balaban J connectivity index is 1.99. The van der Waals surface area contributed by atoms with Gasteiger partial charge >= 0.3 is 6.09 Å². The molecule has 0 spiro atoms. The molecular weight excluding hydrogens is 354 g/mol. The number of likely N-dealkylation sites (N-methyl/N-ethyl adjacent to an activating group) is 1. The number of nitrogens with one attached hydrogen (secondary N) is 2. The topological polar surface area (TPSA) is 102 Å². The monoisotopic (exact) mass is 371 g/mol. The van der Waals surface area contributed by atoms with Crippen LogP contribution in [0, 0.1) is 0 Å². The minimum atomic E-state index is -0.891. The summed E-state index contributed by atoms with van der Waals surface area (Å²) in [6, 6.07) is 12.8. The highest BCUT2D eigenvalue weighted by Gasteiger charge is 2.15. The second kappa shape index (κ2) is 7.99. The van der Waals surface area contributed by atoms with E-state index in [1.54, 1.807) is 12.1 Å². The van der Waals surface area contributed by atoms with E-state index in [1.807, 2.05) is 37.4 Å².